The van der Waals surface area contributed by atoms with Gasteiger partial charge in [0.25, 0.3) is 5.91 Å². The summed E-state index contributed by atoms with van der Waals surface area (Å²) < 4.78 is 7.18. The van der Waals surface area contributed by atoms with E-state index in [-0.39, 0.29) is 5.91 Å². The van der Waals surface area contributed by atoms with Crippen molar-refractivity contribution in [2.75, 3.05) is 7.05 Å². The largest absolute Gasteiger partial charge is 0.360 e. The highest BCUT2D eigenvalue weighted by atomic mass is 16.5. The van der Waals surface area contributed by atoms with Crippen LogP contribution in [-0.2, 0) is 13.1 Å². The Morgan fingerprint density at radius 1 is 1.29 bits per heavy atom. The van der Waals surface area contributed by atoms with Crippen molar-refractivity contribution in [1.29, 1.82) is 0 Å². The van der Waals surface area contributed by atoms with Gasteiger partial charge in [0.2, 0.25) is 0 Å². The molecule has 0 radical (unpaired) electrons. The maximum Gasteiger partial charge on any atom is 0.259 e. The molecule has 3 rings (SSSR count). The van der Waals surface area contributed by atoms with E-state index in [4.69, 9.17) is 4.52 Å². The summed E-state index contributed by atoms with van der Waals surface area (Å²) in [5, 5.41) is 12.0. The molecule has 0 aliphatic heterocycles. The maximum absolute atomic E-state index is 12.9. The summed E-state index contributed by atoms with van der Waals surface area (Å²) in [6, 6.07) is 9.54. The molecular weight excluding hydrogens is 306 g/mol. The smallest absolute Gasteiger partial charge is 0.259 e. The van der Waals surface area contributed by atoms with Crippen molar-refractivity contribution in [1.82, 2.24) is 24.8 Å². The zero-order valence-electron chi connectivity index (χ0n) is 13.9. The van der Waals surface area contributed by atoms with Gasteiger partial charge in [0, 0.05) is 19.2 Å². The highest BCUT2D eigenvalue weighted by molar-refractivity contribution is 6.00. The third kappa shape index (κ3) is 2.92. The van der Waals surface area contributed by atoms with E-state index in [0.29, 0.717) is 23.6 Å². The third-order valence-electron chi connectivity index (χ3n) is 3.89. The minimum atomic E-state index is -0.154. The van der Waals surface area contributed by atoms with Crippen LogP contribution < -0.4 is 0 Å². The van der Waals surface area contributed by atoms with Crippen LogP contribution in [0.1, 0.15) is 28.9 Å². The fourth-order valence-corrected chi connectivity index (χ4v) is 2.56. The second-order valence-corrected chi connectivity index (χ2v) is 5.52. The molecule has 0 saturated carbocycles. The number of hydrogen-bond acceptors (Lipinski definition) is 5. The molecule has 0 saturated heterocycles. The molecule has 0 aliphatic rings. The van der Waals surface area contributed by atoms with Crippen LogP contribution in [0.25, 0.3) is 11.3 Å². The molecule has 0 spiro atoms. The molecule has 0 atom stereocenters. The first-order valence-electron chi connectivity index (χ1n) is 7.75. The summed E-state index contributed by atoms with van der Waals surface area (Å²) >= 11 is 0. The average Bonchev–Trinajstić information content (AvgIpc) is 3.21. The van der Waals surface area contributed by atoms with Crippen molar-refractivity contribution in [3.05, 3.63) is 53.8 Å². The van der Waals surface area contributed by atoms with Crippen molar-refractivity contribution in [3.63, 3.8) is 0 Å². The number of carbonyl (C=O) groups excluding carboxylic acids is 1. The highest BCUT2D eigenvalue weighted by Crippen LogP contribution is 2.26. The Kier molecular flexibility index (Phi) is 4.41. The number of rotatable bonds is 5. The van der Waals surface area contributed by atoms with Crippen molar-refractivity contribution >= 4 is 5.91 Å². The quantitative estimate of drug-likeness (QED) is 0.720. The second-order valence-electron chi connectivity index (χ2n) is 5.52. The zero-order valence-corrected chi connectivity index (χ0v) is 13.9. The number of aryl methyl sites for hydroxylation is 2. The van der Waals surface area contributed by atoms with Crippen LogP contribution in [0.4, 0.5) is 0 Å². The van der Waals surface area contributed by atoms with E-state index in [1.165, 1.54) is 0 Å². The Morgan fingerprint density at radius 2 is 2.04 bits per heavy atom. The topological polar surface area (TPSA) is 77.1 Å². The number of aromatic nitrogens is 4. The van der Waals surface area contributed by atoms with Crippen LogP contribution >= 0.6 is 0 Å². The Bertz CT molecular complexity index is 838. The van der Waals surface area contributed by atoms with E-state index in [1.807, 2.05) is 41.8 Å². The van der Waals surface area contributed by atoms with Crippen LogP contribution in [0.5, 0.6) is 0 Å². The summed E-state index contributed by atoms with van der Waals surface area (Å²) in [4.78, 5) is 14.5. The minimum Gasteiger partial charge on any atom is -0.360 e. The molecule has 1 aromatic carbocycles. The highest BCUT2D eigenvalue weighted by Gasteiger charge is 2.25. The van der Waals surface area contributed by atoms with Crippen LogP contribution in [-0.4, -0.2) is 37.8 Å². The van der Waals surface area contributed by atoms with E-state index in [9.17, 15) is 4.79 Å². The molecule has 0 aliphatic carbocycles. The molecule has 7 nitrogen and oxygen atoms in total. The van der Waals surface area contributed by atoms with Gasteiger partial charge < -0.3 is 14.0 Å². The zero-order chi connectivity index (χ0) is 17.1. The number of hydrogen-bond donors (Lipinski definition) is 0. The standard InChI is InChI=1S/C17H19N5O2/c1-4-22-11-18-19-14(22)10-21(3)17(23)15-12(2)24-20-16(15)13-8-6-5-7-9-13/h5-9,11H,4,10H2,1-3H3. The fraction of sp³-hybridized carbons (Fsp3) is 0.294. The minimum absolute atomic E-state index is 0.154. The SMILES string of the molecule is CCn1cnnc1CN(C)C(=O)c1c(-c2ccccc2)noc1C. The molecule has 24 heavy (non-hydrogen) atoms. The van der Waals surface area contributed by atoms with Gasteiger partial charge in [-0.2, -0.15) is 0 Å². The molecule has 2 heterocycles. The molecule has 7 heteroatoms. The molecule has 0 unspecified atom stereocenters. The lowest BCUT2D eigenvalue weighted by Crippen LogP contribution is -2.28. The van der Waals surface area contributed by atoms with E-state index < -0.39 is 0 Å². The van der Waals surface area contributed by atoms with Crippen LogP contribution in [0.3, 0.4) is 0 Å². The first-order chi connectivity index (χ1) is 11.6. The lowest BCUT2D eigenvalue weighted by Gasteiger charge is -2.17. The maximum atomic E-state index is 12.9. The Morgan fingerprint density at radius 3 is 2.75 bits per heavy atom. The second kappa shape index (κ2) is 6.66. The van der Waals surface area contributed by atoms with Gasteiger partial charge >= 0.3 is 0 Å². The number of nitrogens with zero attached hydrogens (tertiary/aromatic N) is 5. The summed E-state index contributed by atoms with van der Waals surface area (Å²) in [6.45, 7) is 4.87. The third-order valence-corrected chi connectivity index (χ3v) is 3.89. The van der Waals surface area contributed by atoms with Gasteiger partial charge in [0.15, 0.2) is 5.82 Å². The lowest BCUT2D eigenvalue weighted by atomic mass is 10.1. The molecule has 124 valence electrons. The van der Waals surface area contributed by atoms with Crippen molar-refractivity contribution in [2.45, 2.75) is 26.9 Å². The molecular formula is C17H19N5O2. The predicted octanol–water partition coefficient (Wildman–Crippen LogP) is 2.53. The molecule has 0 N–H and O–H groups in total. The molecule has 0 bridgehead atoms. The normalized spacial score (nSPS) is 10.8. The first-order valence-corrected chi connectivity index (χ1v) is 7.75. The van der Waals surface area contributed by atoms with E-state index in [0.717, 1.165) is 17.9 Å². The molecule has 0 fully saturated rings. The van der Waals surface area contributed by atoms with Gasteiger partial charge in [-0.15, -0.1) is 10.2 Å². The first kappa shape index (κ1) is 15.9. The van der Waals surface area contributed by atoms with Crippen LogP contribution in [0.2, 0.25) is 0 Å². The van der Waals surface area contributed by atoms with Gasteiger partial charge in [0.1, 0.15) is 23.3 Å². The van der Waals surface area contributed by atoms with Gasteiger partial charge in [-0.3, -0.25) is 4.79 Å². The fourth-order valence-electron chi connectivity index (χ4n) is 2.56. The van der Waals surface area contributed by atoms with Gasteiger partial charge in [-0.25, -0.2) is 0 Å². The van der Waals surface area contributed by atoms with E-state index >= 15 is 0 Å². The van der Waals surface area contributed by atoms with E-state index in [1.54, 1.807) is 25.2 Å². The molecule has 2 aromatic heterocycles. The van der Waals surface area contributed by atoms with Crippen molar-refractivity contribution in [3.8, 4) is 11.3 Å². The summed E-state index contributed by atoms with van der Waals surface area (Å²) in [5.74, 6) is 1.09. The Hall–Kier alpha value is -2.96. The van der Waals surface area contributed by atoms with E-state index in [2.05, 4.69) is 15.4 Å². The Labute approximate surface area is 139 Å². The number of carbonyl (C=O) groups is 1. The molecule has 3 aromatic rings. The lowest BCUT2D eigenvalue weighted by molar-refractivity contribution is 0.0779. The number of amides is 1. The van der Waals surface area contributed by atoms with Crippen LogP contribution in [0.15, 0.2) is 41.2 Å². The summed E-state index contributed by atoms with van der Waals surface area (Å²) in [6.07, 6.45) is 1.66. The predicted molar refractivity (Wildman–Crippen MR) is 88.2 cm³/mol. The summed E-state index contributed by atoms with van der Waals surface area (Å²) in [5.41, 5.74) is 1.89. The van der Waals surface area contributed by atoms with Gasteiger partial charge in [-0.05, 0) is 13.8 Å². The van der Waals surface area contributed by atoms with Gasteiger partial charge in [-0.1, -0.05) is 35.5 Å². The number of benzene rings is 1. The molecule has 1 amide bonds. The van der Waals surface area contributed by atoms with Crippen molar-refractivity contribution in [2.24, 2.45) is 0 Å². The average molecular weight is 325 g/mol. The van der Waals surface area contributed by atoms with Gasteiger partial charge in [0.05, 0.1) is 6.54 Å². The van der Waals surface area contributed by atoms with Crippen LogP contribution in [0, 0.1) is 6.92 Å². The Balaban J connectivity index is 1.89. The summed E-state index contributed by atoms with van der Waals surface area (Å²) in [7, 11) is 1.73. The van der Waals surface area contributed by atoms with Crippen molar-refractivity contribution < 1.29 is 9.32 Å². The monoisotopic (exact) mass is 325 g/mol.